The van der Waals surface area contributed by atoms with Crippen molar-refractivity contribution in [3.63, 3.8) is 0 Å². The van der Waals surface area contributed by atoms with Crippen molar-refractivity contribution in [3.05, 3.63) is 22.3 Å². The monoisotopic (exact) mass is 236 g/mol. The molecule has 0 saturated carbocycles. The average molecular weight is 237 g/mol. The van der Waals surface area contributed by atoms with E-state index in [1.807, 2.05) is 13.8 Å². The van der Waals surface area contributed by atoms with Gasteiger partial charge in [-0.25, -0.2) is 0 Å². The molecule has 0 saturated heterocycles. The van der Waals surface area contributed by atoms with Gasteiger partial charge in [0.1, 0.15) is 0 Å². The number of nitrogen functional groups attached to an aromatic ring is 2. The highest BCUT2D eigenvalue weighted by Crippen LogP contribution is 2.29. The largest absolute Gasteiger partial charge is 0.397 e. The lowest BCUT2D eigenvalue weighted by molar-refractivity contribution is 1.22. The number of rotatable bonds is 0. The van der Waals surface area contributed by atoms with Crippen LogP contribution in [0.15, 0.2) is 0 Å². The minimum absolute atomic E-state index is 0. The van der Waals surface area contributed by atoms with Crippen molar-refractivity contribution in [1.29, 1.82) is 0 Å². The van der Waals surface area contributed by atoms with Gasteiger partial charge in [0.15, 0.2) is 0 Å². The predicted molar refractivity (Wildman–Crippen MR) is 68.7 cm³/mol. The van der Waals surface area contributed by atoms with Crippen LogP contribution in [0.4, 0.5) is 11.4 Å². The summed E-state index contributed by atoms with van der Waals surface area (Å²) in [5, 5.41) is 0. The normalized spacial score (nSPS) is 8.86. The summed E-state index contributed by atoms with van der Waals surface area (Å²) < 4.78 is 0. The molecule has 2 nitrogen and oxygen atoms in total. The smallest absolute Gasteiger partial charge is 0.0583 e. The van der Waals surface area contributed by atoms with E-state index in [1.165, 1.54) is 11.1 Å². The van der Waals surface area contributed by atoms with Crippen LogP contribution in [-0.2, 0) is 0 Å². The molecule has 0 spiro atoms. The van der Waals surface area contributed by atoms with Gasteiger partial charge in [-0.1, -0.05) is 0 Å². The third-order valence-corrected chi connectivity index (χ3v) is 2.79. The van der Waals surface area contributed by atoms with E-state index >= 15 is 0 Å². The Hall–Kier alpha value is -0.600. The fourth-order valence-corrected chi connectivity index (χ4v) is 1.37. The van der Waals surface area contributed by atoms with E-state index in [0.717, 1.165) is 22.5 Å². The molecule has 0 heterocycles. The molecule has 0 atom stereocenters. The van der Waals surface area contributed by atoms with Crippen LogP contribution in [0.5, 0.6) is 0 Å². The Morgan fingerprint density at radius 2 is 0.786 bits per heavy atom. The first-order valence-corrected chi connectivity index (χ1v) is 4.08. The van der Waals surface area contributed by atoms with Gasteiger partial charge in [0.05, 0.1) is 11.4 Å². The molecule has 0 aliphatic carbocycles. The maximum atomic E-state index is 5.83. The van der Waals surface area contributed by atoms with Gasteiger partial charge in [0.2, 0.25) is 0 Å². The zero-order valence-electron chi connectivity index (χ0n) is 8.97. The molecule has 0 fully saturated rings. The number of nitrogens with two attached hydrogens (primary N) is 2. The molecule has 0 unspecified atom stereocenters. The predicted octanol–water partition coefficient (Wildman–Crippen LogP) is 2.93. The summed E-state index contributed by atoms with van der Waals surface area (Å²) in [6, 6.07) is 0. The van der Waals surface area contributed by atoms with Gasteiger partial charge < -0.3 is 11.5 Å². The van der Waals surface area contributed by atoms with Crippen molar-refractivity contribution in [1.82, 2.24) is 0 Å². The molecule has 1 aromatic rings. The molecule has 0 amide bonds. The molecule has 1 aromatic carbocycles. The summed E-state index contributed by atoms with van der Waals surface area (Å²) in [6.45, 7) is 8.17. The molecule has 0 aliphatic rings. The number of anilines is 2. The van der Waals surface area contributed by atoms with E-state index in [2.05, 4.69) is 13.8 Å². The van der Waals surface area contributed by atoms with Crippen LogP contribution in [0.1, 0.15) is 22.3 Å². The van der Waals surface area contributed by atoms with Crippen LogP contribution in [0.3, 0.4) is 0 Å². The zero-order valence-corrected chi connectivity index (χ0v) is 10.6. The molecule has 1 rings (SSSR count). The zero-order chi connectivity index (χ0) is 9.46. The molecule has 82 valence electrons. The molecular weight excluding hydrogens is 219 g/mol. The maximum Gasteiger partial charge on any atom is 0.0583 e. The minimum atomic E-state index is 0. The second kappa shape index (κ2) is 5.32. The van der Waals surface area contributed by atoms with Gasteiger partial charge in [0.25, 0.3) is 0 Å². The van der Waals surface area contributed by atoms with Crippen molar-refractivity contribution < 1.29 is 0 Å². The Morgan fingerprint density at radius 1 is 0.571 bits per heavy atom. The van der Waals surface area contributed by atoms with Crippen molar-refractivity contribution in [3.8, 4) is 0 Å². The average Bonchev–Trinajstić information content (AvgIpc) is 2.08. The molecule has 0 radical (unpaired) electrons. The maximum absolute atomic E-state index is 5.83. The number of hydrogen-bond donors (Lipinski definition) is 2. The van der Waals surface area contributed by atoms with Gasteiger partial charge in [-0.3, -0.25) is 0 Å². The van der Waals surface area contributed by atoms with Crippen LogP contribution in [0, 0.1) is 27.7 Å². The second-order valence-electron chi connectivity index (χ2n) is 3.33. The summed E-state index contributed by atoms with van der Waals surface area (Å²) in [7, 11) is 0. The van der Waals surface area contributed by atoms with Crippen LogP contribution in [0.25, 0.3) is 0 Å². The quantitative estimate of drug-likeness (QED) is 0.681. The van der Waals surface area contributed by atoms with E-state index in [9.17, 15) is 0 Å². The molecule has 0 bridgehead atoms. The van der Waals surface area contributed by atoms with Crippen LogP contribution in [-0.4, -0.2) is 0 Å². The van der Waals surface area contributed by atoms with Crippen molar-refractivity contribution in [2.24, 2.45) is 0 Å². The Labute approximate surface area is 97.9 Å². The Balaban J connectivity index is 0. The third kappa shape index (κ3) is 2.25. The van der Waals surface area contributed by atoms with Gasteiger partial charge in [-0.05, 0) is 49.9 Å². The van der Waals surface area contributed by atoms with Crippen molar-refractivity contribution in [2.45, 2.75) is 27.7 Å². The van der Waals surface area contributed by atoms with Crippen molar-refractivity contribution in [2.75, 3.05) is 11.5 Å². The SMILES string of the molecule is Cc1c(C)c(C)c(N)c(N)c1C.Cl.Cl. The number of hydrogen-bond acceptors (Lipinski definition) is 2. The second-order valence-corrected chi connectivity index (χ2v) is 3.33. The molecule has 0 aliphatic heterocycles. The molecule has 4 N–H and O–H groups in total. The number of halogens is 2. The highest BCUT2D eigenvalue weighted by molar-refractivity contribution is 5.85. The summed E-state index contributed by atoms with van der Waals surface area (Å²) >= 11 is 0. The fourth-order valence-electron chi connectivity index (χ4n) is 1.37. The molecule has 4 heteroatoms. The fraction of sp³-hybridized carbons (Fsp3) is 0.400. The third-order valence-electron chi connectivity index (χ3n) is 2.79. The summed E-state index contributed by atoms with van der Waals surface area (Å²) in [5.74, 6) is 0. The van der Waals surface area contributed by atoms with Crippen LogP contribution < -0.4 is 11.5 Å². The first-order valence-electron chi connectivity index (χ1n) is 4.08. The first kappa shape index (κ1) is 15.9. The van der Waals surface area contributed by atoms with Gasteiger partial charge in [-0.2, -0.15) is 0 Å². The van der Waals surface area contributed by atoms with Gasteiger partial charge >= 0.3 is 0 Å². The van der Waals surface area contributed by atoms with Crippen molar-refractivity contribution >= 4 is 36.2 Å². The standard InChI is InChI=1S/C10H16N2.2ClH/c1-5-6(2)8(4)10(12)9(11)7(5)3;;/h11-12H2,1-4H3;2*1H. The van der Waals surface area contributed by atoms with E-state index in [4.69, 9.17) is 11.5 Å². The summed E-state index contributed by atoms with van der Waals surface area (Å²) in [6.07, 6.45) is 0. The Morgan fingerprint density at radius 3 is 1.00 bits per heavy atom. The Bertz CT molecular complexity index is 230. The topological polar surface area (TPSA) is 52.0 Å². The van der Waals surface area contributed by atoms with E-state index in [-0.39, 0.29) is 24.8 Å². The number of benzene rings is 1. The lowest BCUT2D eigenvalue weighted by Crippen LogP contribution is -2.04. The Kier molecular flexibility index (Phi) is 6.03. The van der Waals surface area contributed by atoms with Crippen LogP contribution in [0.2, 0.25) is 0 Å². The lowest BCUT2D eigenvalue weighted by Gasteiger charge is -2.14. The lowest BCUT2D eigenvalue weighted by atomic mass is 9.96. The van der Waals surface area contributed by atoms with Gasteiger partial charge in [0, 0.05) is 0 Å². The highest BCUT2D eigenvalue weighted by Gasteiger charge is 2.09. The molecular formula is C10H18Cl2N2. The first-order chi connectivity index (χ1) is 5.46. The highest BCUT2D eigenvalue weighted by atomic mass is 35.5. The molecule has 0 aromatic heterocycles. The van der Waals surface area contributed by atoms with E-state index < -0.39 is 0 Å². The van der Waals surface area contributed by atoms with E-state index in [1.54, 1.807) is 0 Å². The minimum Gasteiger partial charge on any atom is -0.397 e. The molecule has 14 heavy (non-hydrogen) atoms. The van der Waals surface area contributed by atoms with E-state index in [0.29, 0.717) is 0 Å². The summed E-state index contributed by atoms with van der Waals surface area (Å²) in [5.41, 5.74) is 17.8. The summed E-state index contributed by atoms with van der Waals surface area (Å²) in [4.78, 5) is 0. The van der Waals surface area contributed by atoms with Crippen LogP contribution >= 0.6 is 24.8 Å². The van der Waals surface area contributed by atoms with Gasteiger partial charge in [-0.15, -0.1) is 24.8 Å².